The van der Waals surface area contributed by atoms with Crippen LogP contribution in [0.4, 0.5) is 10.1 Å². The van der Waals surface area contributed by atoms with E-state index in [0.717, 1.165) is 23.5 Å². The molecule has 0 fully saturated rings. The molecular weight excluding hydrogens is 331 g/mol. The zero-order valence-electron chi connectivity index (χ0n) is 14.9. The molecule has 4 rings (SSSR count). The van der Waals surface area contributed by atoms with Crippen molar-refractivity contribution in [1.82, 2.24) is 14.5 Å². The van der Waals surface area contributed by atoms with Crippen molar-refractivity contribution in [2.24, 2.45) is 0 Å². The fourth-order valence-electron chi connectivity index (χ4n) is 3.67. The first-order chi connectivity index (χ1) is 12.5. The quantitative estimate of drug-likeness (QED) is 0.784. The molecule has 1 aliphatic heterocycles. The number of aliphatic hydroxyl groups excluding tert-OH is 1. The van der Waals surface area contributed by atoms with E-state index in [1.54, 1.807) is 23.2 Å². The summed E-state index contributed by atoms with van der Waals surface area (Å²) >= 11 is 0. The Bertz CT molecular complexity index is 950. The van der Waals surface area contributed by atoms with Gasteiger partial charge in [-0.1, -0.05) is 26.0 Å². The third kappa shape index (κ3) is 2.76. The number of nitrogens with zero attached hydrogens (tertiary/aromatic N) is 4. The summed E-state index contributed by atoms with van der Waals surface area (Å²) in [4.78, 5) is 10.4. The molecule has 2 aromatic heterocycles. The van der Waals surface area contributed by atoms with Crippen LogP contribution in [0.3, 0.4) is 0 Å². The van der Waals surface area contributed by atoms with Crippen molar-refractivity contribution < 1.29 is 9.50 Å². The van der Waals surface area contributed by atoms with Crippen LogP contribution in [0.15, 0.2) is 49.2 Å². The van der Waals surface area contributed by atoms with Gasteiger partial charge in [0.05, 0.1) is 24.2 Å². The number of halogens is 1. The predicted molar refractivity (Wildman–Crippen MR) is 99.1 cm³/mol. The summed E-state index contributed by atoms with van der Waals surface area (Å²) in [6, 6.07) is 7.91. The summed E-state index contributed by atoms with van der Waals surface area (Å²) in [5.41, 5.74) is 4.61. The summed E-state index contributed by atoms with van der Waals surface area (Å²) in [5, 5.41) is 9.37. The number of benzene rings is 1. The average molecular weight is 352 g/mol. The lowest BCUT2D eigenvalue weighted by molar-refractivity contribution is 0.301. The molecule has 1 N–H and O–H groups in total. The lowest BCUT2D eigenvalue weighted by atomic mass is 9.86. The third-order valence-electron chi connectivity index (χ3n) is 4.93. The van der Waals surface area contributed by atoms with Gasteiger partial charge < -0.3 is 14.6 Å². The molecule has 3 aromatic rings. The van der Waals surface area contributed by atoms with Crippen molar-refractivity contribution >= 4 is 5.69 Å². The molecule has 134 valence electrons. The first-order valence-electron chi connectivity index (χ1n) is 8.64. The van der Waals surface area contributed by atoms with Crippen LogP contribution < -0.4 is 4.90 Å². The van der Waals surface area contributed by atoms with E-state index in [0.29, 0.717) is 12.2 Å². The molecule has 0 saturated heterocycles. The van der Waals surface area contributed by atoms with Crippen molar-refractivity contribution in [2.45, 2.75) is 19.3 Å². The molecule has 0 amide bonds. The van der Waals surface area contributed by atoms with E-state index in [1.165, 1.54) is 11.8 Å². The Hall–Kier alpha value is -2.73. The summed E-state index contributed by atoms with van der Waals surface area (Å²) < 4.78 is 15.6. The predicted octanol–water partition coefficient (Wildman–Crippen LogP) is 3.16. The van der Waals surface area contributed by atoms with Gasteiger partial charge in [-0.25, -0.2) is 9.37 Å². The zero-order valence-corrected chi connectivity index (χ0v) is 14.9. The van der Waals surface area contributed by atoms with Crippen LogP contribution in [0.5, 0.6) is 0 Å². The molecule has 0 bridgehead atoms. The van der Waals surface area contributed by atoms with Gasteiger partial charge in [0.15, 0.2) is 5.82 Å². The van der Waals surface area contributed by atoms with Crippen LogP contribution in [-0.2, 0) is 5.41 Å². The van der Waals surface area contributed by atoms with E-state index < -0.39 is 0 Å². The molecule has 1 aromatic carbocycles. The highest BCUT2D eigenvalue weighted by molar-refractivity contribution is 5.72. The second-order valence-corrected chi connectivity index (χ2v) is 7.25. The molecule has 0 atom stereocenters. The van der Waals surface area contributed by atoms with Crippen molar-refractivity contribution in [3.63, 3.8) is 0 Å². The van der Waals surface area contributed by atoms with Gasteiger partial charge in [0.2, 0.25) is 0 Å². The van der Waals surface area contributed by atoms with Gasteiger partial charge in [-0.2, -0.15) is 0 Å². The van der Waals surface area contributed by atoms with Crippen molar-refractivity contribution in [3.05, 3.63) is 60.6 Å². The van der Waals surface area contributed by atoms with Crippen LogP contribution >= 0.6 is 0 Å². The number of hydrogen-bond donors (Lipinski definition) is 1. The number of β-amino-alcohol motifs (C(OH)–C–C–N with tert-alkyl or cyclic N) is 1. The summed E-state index contributed by atoms with van der Waals surface area (Å²) in [5.74, 6) is -0.388. The van der Waals surface area contributed by atoms with Crippen molar-refractivity contribution in [3.8, 4) is 16.9 Å². The monoisotopic (exact) mass is 352 g/mol. The van der Waals surface area contributed by atoms with Gasteiger partial charge in [0.1, 0.15) is 6.33 Å². The first kappa shape index (κ1) is 16.7. The van der Waals surface area contributed by atoms with E-state index in [2.05, 4.69) is 46.9 Å². The average Bonchev–Trinajstić information content (AvgIpc) is 3.19. The number of aliphatic hydroxyl groups is 1. The lowest BCUT2D eigenvalue weighted by Crippen LogP contribution is -2.30. The van der Waals surface area contributed by atoms with E-state index in [1.807, 2.05) is 6.20 Å². The standard InChI is InChI=1S/C20H21FN4O/c1-20(2)12-24(7-8-26)19-9-14(3-4-15(19)20)17-11-25(13-23-17)18-5-6-22-10-16(18)21/h3-6,9-11,13,26H,7-8,12H2,1-2H3. The third-order valence-corrected chi connectivity index (χ3v) is 4.93. The number of hydrogen-bond acceptors (Lipinski definition) is 4. The normalized spacial score (nSPS) is 15.3. The minimum Gasteiger partial charge on any atom is -0.395 e. The van der Waals surface area contributed by atoms with Gasteiger partial charge in [-0.05, 0) is 17.7 Å². The maximum absolute atomic E-state index is 13.9. The highest BCUT2D eigenvalue weighted by atomic mass is 19.1. The molecule has 6 heteroatoms. The van der Waals surface area contributed by atoms with Gasteiger partial charge >= 0.3 is 0 Å². The Morgan fingerprint density at radius 3 is 2.85 bits per heavy atom. The van der Waals surface area contributed by atoms with Crippen LogP contribution in [-0.4, -0.2) is 39.3 Å². The van der Waals surface area contributed by atoms with Gasteiger partial charge in [-0.3, -0.25) is 4.98 Å². The van der Waals surface area contributed by atoms with Crippen LogP contribution in [0, 0.1) is 5.82 Å². The minimum absolute atomic E-state index is 0.0442. The SMILES string of the molecule is CC1(C)CN(CCO)c2cc(-c3cn(-c4ccncc4F)cn3)ccc21. The number of fused-ring (bicyclic) bond motifs is 1. The van der Waals surface area contributed by atoms with Gasteiger partial charge in [-0.15, -0.1) is 0 Å². The van der Waals surface area contributed by atoms with E-state index in [9.17, 15) is 9.50 Å². The molecule has 26 heavy (non-hydrogen) atoms. The fraction of sp³-hybridized carbons (Fsp3) is 0.300. The summed E-state index contributed by atoms with van der Waals surface area (Å²) in [6.07, 6.45) is 6.18. The fourth-order valence-corrected chi connectivity index (χ4v) is 3.67. The summed E-state index contributed by atoms with van der Waals surface area (Å²) in [6.45, 7) is 6.03. The van der Waals surface area contributed by atoms with Crippen LogP contribution in [0.2, 0.25) is 0 Å². The minimum atomic E-state index is -0.388. The zero-order chi connectivity index (χ0) is 18.3. The van der Waals surface area contributed by atoms with Crippen LogP contribution in [0.25, 0.3) is 16.9 Å². The Morgan fingerprint density at radius 1 is 1.23 bits per heavy atom. The molecule has 0 saturated carbocycles. The number of rotatable bonds is 4. The Morgan fingerprint density at radius 2 is 2.08 bits per heavy atom. The first-order valence-corrected chi connectivity index (χ1v) is 8.64. The topological polar surface area (TPSA) is 54.2 Å². The molecule has 5 nitrogen and oxygen atoms in total. The van der Waals surface area contributed by atoms with E-state index in [4.69, 9.17) is 0 Å². The van der Waals surface area contributed by atoms with Crippen molar-refractivity contribution in [2.75, 3.05) is 24.6 Å². The molecule has 0 unspecified atom stereocenters. The maximum Gasteiger partial charge on any atom is 0.165 e. The number of aromatic nitrogens is 3. The molecular formula is C20H21FN4O. The van der Waals surface area contributed by atoms with Crippen LogP contribution in [0.1, 0.15) is 19.4 Å². The molecule has 0 spiro atoms. The van der Waals surface area contributed by atoms with E-state index in [-0.39, 0.29) is 17.8 Å². The molecule has 1 aliphatic rings. The van der Waals surface area contributed by atoms with Gasteiger partial charge in [0, 0.05) is 42.1 Å². The smallest absolute Gasteiger partial charge is 0.165 e. The van der Waals surface area contributed by atoms with Crippen molar-refractivity contribution in [1.29, 1.82) is 0 Å². The number of imidazole rings is 1. The lowest BCUT2D eigenvalue weighted by Gasteiger charge is -2.21. The highest BCUT2D eigenvalue weighted by Crippen LogP contribution is 2.42. The largest absolute Gasteiger partial charge is 0.395 e. The highest BCUT2D eigenvalue weighted by Gasteiger charge is 2.34. The van der Waals surface area contributed by atoms with E-state index >= 15 is 0 Å². The molecule has 3 heterocycles. The Labute approximate surface area is 151 Å². The molecule has 0 aliphatic carbocycles. The summed E-state index contributed by atoms with van der Waals surface area (Å²) in [7, 11) is 0. The second kappa shape index (κ2) is 6.21. The Balaban J connectivity index is 1.72. The Kier molecular flexibility index (Phi) is 4.00. The second-order valence-electron chi connectivity index (χ2n) is 7.25. The molecule has 0 radical (unpaired) electrons. The number of anilines is 1. The maximum atomic E-state index is 13.9. The number of pyridine rings is 1. The van der Waals surface area contributed by atoms with Gasteiger partial charge in [0.25, 0.3) is 0 Å².